The number of nitrogens with zero attached hydrogens (tertiary/aromatic N) is 1. The average molecular weight is 490 g/mol. The molecule has 0 radical (unpaired) electrons. The molecule has 8 nitrogen and oxygen atoms in total. The number of ketones is 1. The second-order valence-corrected chi connectivity index (χ2v) is 8.43. The van der Waals surface area contributed by atoms with Crippen LogP contribution in [0.1, 0.15) is 27.0 Å². The summed E-state index contributed by atoms with van der Waals surface area (Å²) in [6.45, 7) is 1.51. The van der Waals surface area contributed by atoms with Gasteiger partial charge in [-0.15, -0.1) is 0 Å². The Morgan fingerprint density at radius 3 is 2.42 bits per heavy atom. The quantitative estimate of drug-likeness (QED) is 0.443. The lowest BCUT2D eigenvalue weighted by atomic mass is 10.0. The molecule has 0 saturated heterocycles. The number of carbonyl (C=O) groups is 1. The van der Waals surface area contributed by atoms with Crippen LogP contribution >= 0.6 is 0 Å². The van der Waals surface area contributed by atoms with Crippen LogP contribution in [0.5, 0.6) is 34.5 Å². The van der Waals surface area contributed by atoms with Gasteiger partial charge in [0.2, 0.25) is 11.5 Å². The number of hydrogen-bond acceptors (Lipinski definition) is 8. The van der Waals surface area contributed by atoms with E-state index in [9.17, 15) is 4.79 Å². The summed E-state index contributed by atoms with van der Waals surface area (Å²) in [5.41, 5.74) is 3.16. The first-order chi connectivity index (χ1) is 17.5. The number of ether oxygens (including phenoxy) is 6. The maximum atomic E-state index is 13.1. The Labute approximate surface area is 209 Å². The van der Waals surface area contributed by atoms with Crippen molar-refractivity contribution in [3.8, 4) is 34.5 Å². The maximum absolute atomic E-state index is 13.1. The van der Waals surface area contributed by atoms with Crippen LogP contribution < -0.4 is 28.4 Å². The standard InChI is InChI=1S/C28H27NO7/c1-31-19-7-5-6-17(10-19)11-23-26(30)20-8-9-22-21(27(20)36-23)15-29(16-35-22)14-18-12-24(32-2)28(34-4)25(13-18)33-3/h5-13H,14-16H2,1-4H3. The fourth-order valence-electron chi connectivity index (χ4n) is 4.47. The number of hydrogen-bond donors (Lipinski definition) is 0. The van der Waals surface area contributed by atoms with Crippen molar-refractivity contribution < 1.29 is 33.2 Å². The molecule has 2 aliphatic heterocycles. The summed E-state index contributed by atoms with van der Waals surface area (Å²) in [5, 5.41) is 0. The summed E-state index contributed by atoms with van der Waals surface area (Å²) < 4.78 is 33.8. The number of carbonyl (C=O) groups excluding carboxylic acids is 1. The fourth-order valence-corrected chi connectivity index (χ4v) is 4.47. The van der Waals surface area contributed by atoms with Crippen molar-refractivity contribution in [2.24, 2.45) is 0 Å². The van der Waals surface area contributed by atoms with Crippen LogP contribution in [-0.2, 0) is 13.1 Å². The number of methoxy groups -OCH3 is 4. The first-order valence-electron chi connectivity index (χ1n) is 11.4. The minimum Gasteiger partial charge on any atom is -0.497 e. The summed E-state index contributed by atoms with van der Waals surface area (Å²) in [6, 6.07) is 14.9. The molecule has 8 heteroatoms. The average Bonchev–Trinajstić information content (AvgIpc) is 3.23. The van der Waals surface area contributed by atoms with Gasteiger partial charge in [0.05, 0.1) is 39.6 Å². The molecule has 0 unspecified atom stereocenters. The molecule has 0 amide bonds. The molecule has 0 atom stereocenters. The smallest absolute Gasteiger partial charge is 0.231 e. The molecular formula is C28H27NO7. The Balaban J connectivity index is 1.40. The normalized spacial score (nSPS) is 15.6. The zero-order chi connectivity index (χ0) is 25.2. The second kappa shape index (κ2) is 9.83. The molecular weight excluding hydrogens is 462 g/mol. The molecule has 0 N–H and O–H groups in total. The Bertz CT molecular complexity index is 1320. The van der Waals surface area contributed by atoms with E-state index in [1.807, 2.05) is 42.5 Å². The van der Waals surface area contributed by atoms with Gasteiger partial charge in [-0.3, -0.25) is 9.69 Å². The van der Waals surface area contributed by atoms with E-state index >= 15 is 0 Å². The van der Waals surface area contributed by atoms with Gasteiger partial charge in [0, 0.05) is 13.1 Å². The van der Waals surface area contributed by atoms with Crippen LogP contribution in [0.4, 0.5) is 0 Å². The summed E-state index contributed by atoms with van der Waals surface area (Å²) >= 11 is 0. The Morgan fingerprint density at radius 2 is 1.72 bits per heavy atom. The van der Waals surface area contributed by atoms with Gasteiger partial charge in [-0.2, -0.15) is 0 Å². The van der Waals surface area contributed by atoms with Crippen molar-refractivity contribution in [1.29, 1.82) is 0 Å². The third-order valence-electron chi connectivity index (χ3n) is 6.20. The van der Waals surface area contributed by atoms with E-state index in [1.54, 1.807) is 40.6 Å². The summed E-state index contributed by atoms with van der Waals surface area (Å²) in [5.74, 6) is 3.81. The zero-order valence-electron chi connectivity index (χ0n) is 20.6. The highest BCUT2D eigenvalue weighted by atomic mass is 16.5. The predicted molar refractivity (Wildman–Crippen MR) is 133 cm³/mol. The van der Waals surface area contributed by atoms with Crippen LogP contribution in [0.3, 0.4) is 0 Å². The van der Waals surface area contributed by atoms with Gasteiger partial charge in [-0.25, -0.2) is 0 Å². The molecule has 186 valence electrons. The first-order valence-corrected chi connectivity index (χ1v) is 11.4. The molecule has 2 heterocycles. The highest BCUT2D eigenvalue weighted by Gasteiger charge is 2.33. The van der Waals surface area contributed by atoms with E-state index in [-0.39, 0.29) is 11.5 Å². The predicted octanol–water partition coefficient (Wildman–Crippen LogP) is 4.69. The molecule has 0 spiro atoms. The molecule has 0 aromatic heterocycles. The lowest BCUT2D eigenvalue weighted by Crippen LogP contribution is -2.31. The van der Waals surface area contributed by atoms with E-state index in [1.165, 1.54) is 0 Å². The van der Waals surface area contributed by atoms with E-state index in [4.69, 9.17) is 28.4 Å². The maximum Gasteiger partial charge on any atom is 0.231 e. The van der Waals surface area contributed by atoms with Crippen molar-refractivity contribution >= 4 is 11.9 Å². The monoisotopic (exact) mass is 489 g/mol. The van der Waals surface area contributed by atoms with Gasteiger partial charge in [0.25, 0.3) is 0 Å². The third kappa shape index (κ3) is 4.31. The molecule has 0 saturated carbocycles. The highest BCUT2D eigenvalue weighted by Crippen LogP contribution is 2.43. The van der Waals surface area contributed by atoms with Gasteiger partial charge in [-0.1, -0.05) is 12.1 Å². The Hall–Kier alpha value is -4.17. The zero-order valence-corrected chi connectivity index (χ0v) is 20.6. The molecule has 0 aliphatic carbocycles. The van der Waals surface area contributed by atoms with Crippen molar-refractivity contribution in [2.45, 2.75) is 13.1 Å². The lowest BCUT2D eigenvalue weighted by molar-refractivity contribution is 0.0871. The van der Waals surface area contributed by atoms with Crippen LogP contribution in [0.15, 0.2) is 54.3 Å². The van der Waals surface area contributed by atoms with E-state index in [2.05, 4.69) is 4.90 Å². The van der Waals surface area contributed by atoms with Gasteiger partial charge in [0.1, 0.15) is 24.0 Å². The van der Waals surface area contributed by atoms with Crippen molar-refractivity contribution in [1.82, 2.24) is 4.90 Å². The van der Waals surface area contributed by atoms with Gasteiger partial charge in [-0.05, 0) is 53.6 Å². The number of benzene rings is 3. The van der Waals surface area contributed by atoms with E-state index in [0.717, 1.165) is 16.7 Å². The SMILES string of the molecule is COc1cccc(C=C2Oc3c(ccc4c3CN(Cc3cc(OC)c(OC)c(OC)c3)CO4)C2=O)c1. The van der Waals surface area contributed by atoms with Crippen LogP contribution in [0.25, 0.3) is 6.08 Å². The molecule has 0 bridgehead atoms. The Morgan fingerprint density at radius 1 is 0.944 bits per heavy atom. The number of rotatable bonds is 7. The van der Waals surface area contributed by atoms with E-state index in [0.29, 0.717) is 59.9 Å². The van der Waals surface area contributed by atoms with Crippen LogP contribution in [0, 0.1) is 0 Å². The minimum absolute atomic E-state index is 0.155. The van der Waals surface area contributed by atoms with Gasteiger partial charge >= 0.3 is 0 Å². The molecule has 5 rings (SSSR count). The van der Waals surface area contributed by atoms with E-state index < -0.39 is 0 Å². The van der Waals surface area contributed by atoms with Gasteiger partial charge in [0.15, 0.2) is 17.3 Å². The topological polar surface area (TPSA) is 75.7 Å². The lowest BCUT2D eigenvalue weighted by Gasteiger charge is -2.30. The summed E-state index contributed by atoms with van der Waals surface area (Å²) in [6.07, 6.45) is 1.73. The Kier molecular flexibility index (Phi) is 6.43. The third-order valence-corrected chi connectivity index (χ3v) is 6.20. The summed E-state index contributed by atoms with van der Waals surface area (Å²) in [7, 11) is 6.37. The van der Waals surface area contributed by atoms with Crippen LogP contribution in [-0.4, -0.2) is 45.9 Å². The van der Waals surface area contributed by atoms with Crippen molar-refractivity contribution in [2.75, 3.05) is 35.2 Å². The molecule has 0 fully saturated rings. The molecule has 3 aromatic carbocycles. The fraction of sp³-hybridized carbons (Fsp3) is 0.250. The summed E-state index contributed by atoms with van der Waals surface area (Å²) in [4.78, 5) is 15.2. The highest BCUT2D eigenvalue weighted by molar-refractivity contribution is 6.15. The second-order valence-electron chi connectivity index (χ2n) is 8.43. The van der Waals surface area contributed by atoms with Crippen molar-refractivity contribution in [3.63, 3.8) is 0 Å². The first kappa shape index (κ1) is 23.6. The number of allylic oxidation sites excluding steroid dienone is 1. The van der Waals surface area contributed by atoms with Crippen LogP contribution in [0.2, 0.25) is 0 Å². The number of fused-ring (bicyclic) bond motifs is 3. The van der Waals surface area contributed by atoms with Gasteiger partial charge < -0.3 is 28.4 Å². The molecule has 2 aliphatic rings. The number of Topliss-reactive ketones (excluding diaryl/α,β-unsaturated/α-hetero) is 1. The molecule has 3 aromatic rings. The van der Waals surface area contributed by atoms with Crippen molar-refractivity contribution in [3.05, 3.63) is 76.5 Å². The minimum atomic E-state index is -0.155. The largest absolute Gasteiger partial charge is 0.497 e. The molecule has 36 heavy (non-hydrogen) atoms.